The molecule has 2 aliphatic carbocycles. The van der Waals surface area contributed by atoms with Crippen molar-refractivity contribution in [1.29, 1.82) is 0 Å². The van der Waals surface area contributed by atoms with Crippen molar-refractivity contribution in [3.63, 3.8) is 0 Å². The molecule has 1 aliphatic heterocycles. The Kier molecular flexibility index (Phi) is 3.32. The molecule has 3 aliphatic rings. The van der Waals surface area contributed by atoms with E-state index < -0.39 is 17.7 Å². The number of ether oxygens (including phenoxy) is 3. The highest BCUT2D eigenvalue weighted by Crippen LogP contribution is 2.54. The van der Waals surface area contributed by atoms with E-state index in [0.717, 1.165) is 19.3 Å². The molecule has 2 bridgehead atoms. The zero-order valence-electron chi connectivity index (χ0n) is 11.7. The second kappa shape index (κ2) is 4.88. The highest BCUT2D eigenvalue weighted by molar-refractivity contribution is 5.87. The van der Waals surface area contributed by atoms with Gasteiger partial charge in [0.15, 0.2) is 0 Å². The Bertz CT molecular complexity index is 457. The van der Waals surface area contributed by atoms with Gasteiger partial charge >= 0.3 is 11.9 Å². The van der Waals surface area contributed by atoms with E-state index in [2.05, 4.69) is 6.58 Å². The van der Waals surface area contributed by atoms with Crippen LogP contribution in [0.4, 0.5) is 0 Å². The molecule has 2 saturated carbocycles. The SMILES string of the molecule is C=C(C)C(=O)OCC1COC2(CC3CCC2C3)OC1=O. The molecule has 5 heteroatoms. The molecule has 1 spiro atoms. The predicted octanol–water partition coefficient (Wildman–Crippen LogP) is 1.81. The highest BCUT2D eigenvalue weighted by atomic mass is 16.7. The zero-order valence-corrected chi connectivity index (χ0v) is 11.7. The van der Waals surface area contributed by atoms with Gasteiger partial charge in [0.1, 0.15) is 12.5 Å². The summed E-state index contributed by atoms with van der Waals surface area (Å²) < 4.78 is 16.5. The predicted molar refractivity (Wildman–Crippen MR) is 69.5 cm³/mol. The van der Waals surface area contributed by atoms with Gasteiger partial charge in [-0.15, -0.1) is 0 Å². The molecule has 4 atom stereocenters. The van der Waals surface area contributed by atoms with E-state index in [-0.39, 0.29) is 19.2 Å². The standard InChI is InChI=1S/C15H20O5/c1-9(2)13(16)18-7-11-8-19-15(20-14(11)17)6-10-3-4-12(15)5-10/h10-12H,1,3-8H2,2H3. The van der Waals surface area contributed by atoms with Gasteiger partial charge in [-0.2, -0.15) is 0 Å². The summed E-state index contributed by atoms with van der Waals surface area (Å²) in [5, 5.41) is 0. The quantitative estimate of drug-likeness (QED) is 0.583. The maximum absolute atomic E-state index is 12.1. The lowest BCUT2D eigenvalue weighted by molar-refractivity contribution is -0.284. The third-order valence-corrected chi connectivity index (χ3v) is 4.64. The lowest BCUT2D eigenvalue weighted by Crippen LogP contribution is -2.51. The van der Waals surface area contributed by atoms with Crippen LogP contribution in [0.3, 0.4) is 0 Å². The van der Waals surface area contributed by atoms with Crippen molar-refractivity contribution in [2.24, 2.45) is 17.8 Å². The van der Waals surface area contributed by atoms with Crippen molar-refractivity contribution >= 4 is 11.9 Å². The van der Waals surface area contributed by atoms with Crippen molar-refractivity contribution in [2.45, 2.75) is 38.4 Å². The van der Waals surface area contributed by atoms with Crippen LogP contribution in [-0.4, -0.2) is 30.9 Å². The molecule has 5 nitrogen and oxygen atoms in total. The van der Waals surface area contributed by atoms with Crippen LogP contribution >= 0.6 is 0 Å². The summed E-state index contributed by atoms with van der Waals surface area (Å²) in [6, 6.07) is 0. The second-order valence-corrected chi connectivity index (χ2v) is 6.20. The van der Waals surface area contributed by atoms with Gasteiger partial charge in [-0.1, -0.05) is 6.58 Å². The minimum atomic E-state index is -0.686. The molecule has 3 rings (SSSR count). The van der Waals surface area contributed by atoms with Crippen LogP contribution in [-0.2, 0) is 23.8 Å². The number of carbonyl (C=O) groups excluding carboxylic acids is 2. The monoisotopic (exact) mass is 280 g/mol. The van der Waals surface area contributed by atoms with E-state index in [9.17, 15) is 9.59 Å². The number of esters is 2. The van der Waals surface area contributed by atoms with E-state index >= 15 is 0 Å². The summed E-state index contributed by atoms with van der Waals surface area (Å²) >= 11 is 0. The molecule has 0 aromatic rings. The average molecular weight is 280 g/mol. The second-order valence-electron chi connectivity index (χ2n) is 6.20. The van der Waals surface area contributed by atoms with Crippen LogP contribution in [0, 0.1) is 17.8 Å². The topological polar surface area (TPSA) is 61.8 Å². The summed E-state index contributed by atoms with van der Waals surface area (Å²) in [7, 11) is 0. The lowest BCUT2D eigenvalue weighted by Gasteiger charge is -2.41. The number of fused-ring (bicyclic) bond motifs is 3. The number of hydrogen-bond donors (Lipinski definition) is 0. The van der Waals surface area contributed by atoms with Crippen molar-refractivity contribution in [2.75, 3.05) is 13.2 Å². The third-order valence-electron chi connectivity index (χ3n) is 4.64. The van der Waals surface area contributed by atoms with E-state index in [1.54, 1.807) is 6.92 Å². The molecule has 110 valence electrons. The first-order valence-electron chi connectivity index (χ1n) is 7.19. The lowest BCUT2D eigenvalue weighted by atomic mass is 9.92. The van der Waals surface area contributed by atoms with E-state index in [1.807, 2.05) is 0 Å². The summed E-state index contributed by atoms with van der Waals surface area (Å²) in [4.78, 5) is 23.4. The summed E-state index contributed by atoms with van der Waals surface area (Å²) in [5.74, 6) is -1.03. The Morgan fingerprint density at radius 2 is 2.30 bits per heavy atom. The molecule has 4 unspecified atom stereocenters. The van der Waals surface area contributed by atoms with Gasteiger partial charge in [0.25, 0.3) is 0 Å². The molecule has 0 radical (unpaired) electrons. The van der Waals surface area contributed by atoms with Gasteiger partial charge < -0.3 is 14.2 Å². The van der Waals surface area contributed by atoms with E-state index in [0.29, 0.717) is 17.4 Å². The van der Waals surface area contributed by atoms with E-state index in [1.165, 1.54) is 6.42 Å². The highest BCUT2D eigenvalue weighted by Gasteiger charge is 2.57. The van der Waals surface area contributed by atoms with Gasteiger partial charge in [-0.3, -0.25) is 4.79 Å². The molecular weight excluding hydrogens is 260 g/mol. The largest absolute Gasteiger partial charge is 0.461 e. The average Bonchev–Trinajstić information content (AvgIpc) is 2.98. The zero-order chi connectivity index (χ0) is 14.3. The van der Waals surface area contributed by atoms with Crippen LogP contribution < -0.4 is 0 Å². The molecule has 0 amide bonds. The number of rotatable bonds is 3. The molecule has 1 heterocycles. The van der Waals surface area contributed by atoms with Gasteiger partial charge in [0.2, 0.25) is 5.79 Å². The Morgan fingerprint density at radius 1 is 1.50 bits per heavy atom. The first-order valence-corrected chi connectivity index (χ1v) is 7.19. The summed E-state index contributed by atoms with van der Waals surface area (Å²) in [5.41, 5.74) is 0.319. The molecule has 0 N–H and O–H groups in total. The molecule has 1 saturated heterocycles. The van der Waals surface area contributed by atoms with Crippen LogP contribution in [0.15, 0.2) is 12.2 Å². The normalized spacial score (nSPS) is 38.9. The molecule has 20 heavy (non-hydrogen) atoms. The smallest absolute Gasteiger partial charge is 0.333 e. The molecule has 3 fully saturated rings. The fraction of sp³-hybridized carbons (Fsp3) is 0.733. The first kappa shape index (κ1) is 13.6. The van der Waals surface area contributed by atoms with Gasteiger partial charge in [-0.25, -0.2) is 4.79 Å². The summed E-state index contributed by atoms with van der Waals surface area (Å²) in [6.07, 6.45) is 4.21. The van der Waals surface area contributed by atoms with Gasteiger partial charge in [0, 0.05) is 17.9 Å². The summed E-state index contributed by atoms with van der Waals surface area (Å²) in [6.45, 7) is 5.34. The first-order chi connectivity index (χ1) is 9.50. The van der Waals surface area contributed by atoms with Crippen LogP contribution in [0.25, 0.3) is 0 Å². The van der Waals surface area contributed by atoms with Gasteiger partial charge in [-0.05, 0) is 32.1 Å². The Labute approximate surface area is 118 Å². The molecular formula is C15H20O5. The fourth-order valence-corrected chi connectivity index (χ4v) is 3.54. The third kappa shape index (κ3) is 2.24. The van der Waals surface area contributed by atoms with Crippen molar-refractivity contribution in [3.8, 4) is 0 Å². The Balaban J connectivity index is 1.56. The van der Waals surface area contributed by atoms with Crippen LogP contribution in [0.2, 0.25) is 0 Å². The fourth-order valence-electron chi connectivity index (χ4n) is 3.54. The minimum Gasteiger partial charge on any atom is -0.461 e. The molecule has 0 aromatic heterocycles. The van der Waals surface area contributed by atoms with Crippen molar-refractivity contribution in [1.82, 2.24) is 0 Å². The maximum atomic E-state index is 12.1. The van der Waals surface area contributed by atoms with Crippen LogP contribution in [0.5, 0.6) is 0 Å². The van der Waals surface area contributed by atoms with Crippen LogP contribution in [0.1, 0.15) is 32.6 Å². The van der Waals surface area contributed by atoms with E-state index in [4.69, 9.17) is 14.2 Å². The van der Waals surface area contributed by atoms with Crippen molar-refractivity contribution in [3.05, 3.63) is 12.2 Å². The number of carbonyl (C=O) groups is 2. The van der Waals surface area contributed by atoms with Crippen molar-refractivity contribution < 1.29 is 23.8 Å². The number of hydrogen-bond acceptors (Lipinski definition) is 5. The molecule has 0 aromatic carbocycles. The Hall–Kier alpha value is -1.36. The Morgan fingerprint density at radius 3 is 2.85 bits per heavy atom. The minimum absolute atomic E-state index is 0.00526. The van der Waals surface area contributed by atoms with Gasteiger partial charge in [0.05, 0.1) is 6.61 Å². The maximum Gasteiger partial charge on any atom is 0.333 e.